The summed E-state index contributed by atoms with van der Waals surface area (Å²) >= 11 is 0. The van der Waals surface area contributed by atoms with Gasteiger partial charge in [-0.3, -0.25) is 0 Å². The summed E-state index contributed by atoms with van der Waals surface area (Å²) in [7, 11) is 8.27. The number of hydrogen-bond acceptors (Lipinski definition) is 1. The highest BCUT2D eigenvalue weighted by Gasteiger charge is 2.24. The minimum atomic E-state index is 0.142. The lowest BCUT2D eigenvalue weighted by Crippen LogP contribution is -3.07. The quantitative estimate of drug-likeness (QED) is 0.417. The zero-order chi connectivity index (χ0) is 14.3. The van der Waals surface area contributed by atoms with Gasteiger partial charge in [-0.25, -0.2) is 4.99 Å². The van der Waals surface area contributed by atoms with E-state index in [0.29, 0.717) is 12.4 Å². The van der Waals surface area contributed by atoms with Crippen molar-refractivity contribution in [3.05, 3.63) is 35.9 Å². The Morgan fingerprint density at radius 3 is 2.42 bits per heavy atom. The average Bonchev–Trinajstić information content (AvgIpc) is 2.35. The number of nitrogens with one attached hydrogen (secondary N) is 2. The summed E-state index contributed by atoms with van der Waals surface area (Å²) in [5, 5.41) is 10.2. The van der Waals surface area contributed by atoms with E-state index in [1.54, 1.807) is 0 Å². The summed E-state index contributed by atoms with van der Waals surface area (Å²) in [6.07, 6.45) is 0. The Hall–Kier alpha value is -1.39. The topological polar surface area (TPSA) is 41.9 Å². The lowest BCUT2D eigenvalue weighted by Gasteiger charge is -2.18. The first-order chi connectivity index (χ1) is 8.99. The maximum atomic E-state index is 10.2. The molecule has 0 saturated heterocycles. The van der Waals surface area contributed by atoms with Crippen molar-refractivity contribution in [2.45, 2.75) is 6.54 Å². The predicted octanol–water partition coefficient (Wildman–Crippen LogP) is -1.45. The van der Waals surface area contributed by atoms with Crippen LogP contribution in [-0.2, 0) is 6.54 Å². The molecule has 106 valence electrons. The van der Waals surface area contributed by atoms with Crippen LogP contribution in [0.4, 0.5) is 0 Å². The molecule has 0 aliphatic rings. The molecular formula is C15H27N3O+2. The van der Waals surface area contributed by atoms with Gasteiger partial charge in [0.15, 0.2) is 6.54 Å². The Morgan fingerprint density at radius 1 is 1.26 bits per heavy atom. The van der Waals surface area contributed by atoms with Gasteiger partial charge in [0, 0.05) is 12.1 Å². The Kier molecular flexibility index (Phi) is 6.53. The van der Waals surface area contributed by atoms with Crippen LogP contribution in [0.15, 0.2) is 30.3 Å². The molecule has 0 aliphatic heterocycles. The molecule has 0 saturated carbocycles. The third kappa shape index (κ3) is 6.36. The van der Waals surface area contributed by atoms with Crippen LogP contribution in [0.25, 0.3) is 0 Å². The molecule has 0 spiro atoms. The smallest absolute Gasteiger partial charge is 0.342 e. The first kappa shape index (κ1) is 15.7. The van der Waals surface area contributed by atoms with Gasteiger partial charge in [-0.2, -0.15) is 0 Å². The van der Waals surface area contributed by atoms with E-state index >= 15 is 0 Å². The average molecular weight is 265 g/mol. The summed E-state index contributed by atoms with van der Waals surface area (Å²) in [6.45, 7) is 2.42. The van der Waals surface area contributed by atoms with Crippen LogP contribution >= 0.6 is 0 Å². The molecule has 0 bridgehead atoms. The molecule has 0 radical (unpaired) electrons. The largest absolute Gasteiger partial charge is 0.463 e. The van der Waals surface area contributed by atoms with Gasteiger partial charge < -0.3 is 14.9 Å². The molecule has 3 N–H and O–H groups in total. The van der Waals surface area contributed by atoms with E-state index in [0.717, 1.165) is 13.1 Å². The fraction of sp³-hybridized carbons (Fsp3) is 0.533. The lowest BCUT2D eigenvalue weighted by atomic mass is 10.1. The summed E-state index contributed by atoms with van der Waals surface area (Å²) in [6, 6.07) is 10.1. The van der Waals surface area contributed by atoms with E-state index in [1.165, 1.54) is 10.5 Å². The number of quaternary nitrogens is 1. The number of nitrogens with zero attached hydrogens (tertiary/aromatic N) is 1. The van der Waals surface area contributed by atoms with E-state index in [-0.39, 0.29) is 5.92 Å². The lowest BCUT2D eigenvalue weighted by molar-refractivity contribution is -0.861. The van der Waals surface area contributed by atoms with Gasteiger partial charge in [0.1, 0.15) is 5.92 Å². The summed E-state index contributed by atoms with van der Waals surface area (Å²) in [5.41, 5.74) is 1.18. The molecule has 0 aliphatic carbocycles. The van der Waals surface area contributed by atoms with Crippen molar-refractivity contribution in [1.29, 1.82) is 0 Å². The SMILES string of the molecule is CN(C)CC(C[NH+](C)C)C(O)=[NH+]Cc1ccccc1. The second-order valence-electron chi connectivity index (χ2n) is 5.59. The third-order valence-corrected chi connectivity index (χ3v) is 2.94. The van der Waals surface area contributed by atoms with Gasteiger partial charge >= 0.3 is 5.90 Å². The molecular weight excluding hydrogens is 238 g/mol. The molecule has 4 heteroatoms. The normalized spacial score (nSPS) is 14.1. The number of hydrogen-bond donors (Lipinski definition) is 3. The molecule has 1 aromatic carbocycles. The summed E-state index contributed by atoms with van der Waals surface area (Å²) < 4.78 is 0. The van der Waals surface area contributed by atoms with E-state index in [4.69, 9.17) is 0 Å². The van der Waals surface area contributed by atoms with Crippen LogP contribution in [-0.4, -0.2) is 57.2 Å². The highest BCUT2D eigenvalue weighted by atomic mass is 16.3. The second-order valence-corrected chi connectivity index (χ2v) is 5.59. The molecule has 4 nitrogen and oxygen atoms in total. The van der Waals surface area contributed by atoms with Crippen molar-refractivity contribution in [3.8, 4) is 0 Å². The van der Waals surface area contributed by atoms with Crippen molar-refractivity contribution < 1.29 is 15.0 Å². The van der Waals surface area contributed by atoms with Crippen molar-refractivity contribution in [1.82, 2.24) is 4.90 Å². The summed E-state index contributed by atoms with van der Waals surface area (Å²) in [4.78, 5) is 6.58. The zero-order valence-corrected chi connectivity index (χ0v) is 12.5. The van der Waals surface area contributed by atoms with Gasteiger partial charge in [0.25, 0.3) is 0 Å². The van der Waals surface area contributed by atoms with E-state index in [2.05, 4.69) is 36.1 Å². The highest BCUT2D eigenvalue weighted by Crippen LogP contribution is 1.96. The number of aliphatic hydroxyl groups excluding tert-OH is 1. The maximum absolute atomic E-state index is 10.2. The molecule has 1 atom stereocenters. The fourth-order valence-corrected chi connectivity index (χ4v) is 2.11. The minimum absolute atomic E-state index is 0.142. The van der Waals surface area contributed by atoms with Crippen LogP contribution in [0.3, 0.4) is 0 Å². The highest BCUT2D eigenvalue weighted by molar-refractivity contribution is 5.70. The molecule has 0 amide bonds. The number of rotatable bonds is 7. The zero-order valence-electron chi connectivity index (χ0n) is 12.5. The second kappa shape index (κ2) is 7.92. The van der Waals surface area contributed by atoms with E-state index in [1.807, 2.05) is 32.3 Å². The molecule has 0 fully saturated rings. The third-order valence-electron chi connectivity index (χ3n) is 2.94. The first-order valence-electron chi connectivity index (χ1n) is 6.76. The summed E-state index contributed by atoms with van der Waals surface area (Å²) in [5.74, 6) is 0.530. The van der Waals surface area contributed by atoms with Crippen molar-refractivity contribution in [3.63, 3.8) is 0 Å². The van der Waals surface area contributed by atoms with Gasteiger partial charge in [-0.05, 0) is 14.1 Å². The first-order valence-corrected chi connectivity index (χ1v) is 6.76. The van der Waals surface area contributed by atoms with E-state index < -0.39 is 0 Å². The maximum Gasteiger partial charge on any atom is 0.342 e. The molecule has 1 unspecified atom stereocenters. The predicted molar refractivity (Wildman–Crippen MR) is 78.5 cm³/mol. The van der Waals surface area contributed by atoms with Gasteiger partial charge in [0.05, 0.1) is 20.6 Å². The number of aliphatic hydroxyl groups is 1. The molecule has 1 rings (SSSR count). The van der Waals surface area contributed by atoms with Crippen LogP contribution < -0.4 is 9.89 Å². The standard InChI is InChI=1S/C15H25N3O/c1-17(2)11-14(12-18(3)4)15(19)16-10-13-8-6-5-7-9-13/h5-9,14H,10-12H2,1-4H3,(H,16,19)/p+2. The van der Waals surface area contributed by atoms with Crippen LogP contribution in [0.2, 0.25) is 0 Å². The van der Waals surface area contributed by atoms with Crippen molar-refractivity contribution >= 4 is 5.90 Å². The van der Waals surface area contributed by atoms with Gasteiger partial charge in [0.2, 0.25) is 0 Å². The minimum Gasteiger partial charge on any atom is -0.463 e. The van der Waals surface area contributed by atoms with Crippen molar-refractivity contribution in [2.24, 2.45) is 5.92 Å². The molecule has 19 heavy (non-hydrogen) atoms. The van der Waals surface area contributed by atoms with Gasteiger partial charge in [-0.1, -0.05) is 30.3 Å². The van der Waals surface area contributed by atoms with Gasteiger partial charge in [-0.15, -0.1) is 0 Å². The van der Waals surface area contributed by atoms with Crippen LogP contribution in [0.5, 0.6) is 0 Å². The molecule has 0 aromatic heterocycles. The Balaban J connectivity index is 2.66. The Labute approximate surface area is 116 Å². The fourth-order valence-electron chi connectivity index (χ4n) is 2.11. The Morgan fingerprint density at radius 2 is 1.89 bits per heavy atom. The monoisotopic (exact) mass is 265 g/mol. The van der Waals surface area contributed by atoms with Crippen molar-refractivity contribution in [2.75, 3.05) is 41.3 Å². The van der Waals surface area contributed by atoms with E-state index in [9.17, 15) is 5.11 Å². The molecule has 0 heterocycles. The Bertz CT molecular complexity index is 378. The van der Waals surface area contributed by atoms with Crippen LogP contribution in [0, 0.1) is 5.92 Å². The number of benzene rings is 1. The van der Waals surface area contributed by atoms with Crippen LogP contribution in [0.1, 0.15) is 5.56 Å². The molecule has 1 aromatic rings.